The Morgan fingerprint density at radius 3 is 2.81 bits per heavy atom. The van der Waals surface area contributed by atoms with E-state index in [1.165, 1.54) is 0 Å². The minimum absolute atomic E-state index is 0.0216. The van der Waals surface area contributed by atoms with Gasteiger partial charge < -0.3 is 20.5 Å². The van der Waals surface area contributed by atoms with Crippen LogP contribution in [0.5, 0.6) is 11.5 Å². The van der Waals surface area contributed by atoms with E-state index in [0.29, 0.717) is 37.8 Å². The second-order valence-corrected chi connectivity index (χ2v) is 5.48. The lowest BCUT2D eigenvalue weighted by molar-refractivity contribution is -0.116. The van der Waals surface area contributed by atoms with Crippen LogP contribution in [0.3, 0.4) is 0 Å². The monoisotopic (exact) mass is 292 g/mol. The summed E-state index contributed by atoms with van der Waals surface area (Å²) in [6.45, 7) is 4.09. The van der Waals surface area contributed by atoms with Crippen molar-refractivity contribution in [1.82, 2.24) is 0 Å². The van der Waals surface area contributed by atoms with Crippen molar-refractivity contribution in [3.8, 4) is 11.5 Å². The van der Waals surface area contributed by atoms with E-state index >= 15 is 0 Å². The number of anilines is 1. The van der Waals surface area contributed by atoms with E-state index in [4.69, 9.17) is 15.2 Å². The van der Waals surface area contributed by atoms with Gasteiger partial charge in [-0.3, -0.25) is 4.79 Å². The molecule has 0 spiro atoms. The average molecular weight is 292 g/mol. The number of rotatable bonds is 6. The molecule has 21 heavy (non-hydrogen) atoms. The predicted octanol–water partition coefficient (Wildman–Crippen LogP) is 2.55. The quantitative estimate of drug-likeness (QED) is 0.845. The van der Waals surface area contributed by atoms with Crippen molar-refractivity contribution in [1.29, 1.82) is 0 Å². The highest BCUT2D eigenvalue weighted by atomic mass is 16.5. The fraction of sp³-hybridized carbons (Fsp3) is 0.562. The van der Waals surface area contributed by atoms with Crippen molar-refractivity contribution >= 4 is 11.6 Å². The molecular formula is C16H24N2O3. The molecule has 1 aliphatic heterocycles. The fourth-order valence-corrected chi connectivity index (χ4v) is 2.27. The minimum atomic E-state index is 0.0216. The fourth-order valence-electron chi connectivity index (χ4n) is 2.27. The maximum Gasteiger partial charge on any atom is 0.224 e. The highest BCUT2D eigenvalue weighted by molar-refractivity contribution is 5.91. The van der Waals surface area contributed by atoms with Crippen LogP contribution in [0.2, 0.25) is 0 Å². The van der Waals surface area contributed by atoms with Gasteiger partial charge >= 0.3 is 0 Å². The molecule has 2 rings (SSSR count). The van der Waals surface area contributed by atoms with Crippen molar-refractivity contribution in [3.05, 3.63) is 18.2 Å². The molecule has 3 N–H and O–H groups in total. The molecule has 1 amide bonds. The second kappa shape index (κ2) is 7.88. The Bertz CT molecular complexity index is 477. The van der Waals surface area contributed by atoms with Crippen molar-refractivity contribution in [3.63, 3.8) is 0 Å². The topological polar surface area (TPSA) is 73.6 Å². The zero-order chi connectivity index (χ0) is 15.1. The number of nitrogens with one attached hydrogen (secondary N) is 1. The van der Waals surface area contributed by atoms with Gasteiger partial charge in [0.05, 0.1) is 13.2 Å². The number of carbonyl (C=O) groups excluding carboxylic acids is 1. The number of nitrogens with two attached hydrogens (primary N) is 1. The summed E-state index contributed by atoms with van der Waals surface area (Å²) in [6, 6.07) is 5.50. The van der Waals surface area contributed by atoms with Gasteiger partial charge in [0.25, 0.3) is 0 Å². The Labute approximate surface area is 125 Å². The number of carbonyl (C=O) groups is 1. The zero-order valence-electron chi connectivity index (χ0n) is 12.6. The third-order valence-electron chi connectivity index (χ3n) is 3.55. The number of ether oxygens (including phenoxy) is 2. The van der Waals surface area contributed by atoms with E-state index < -0.39 is 0 Å². The summed E-state index contributed by atoms with van der Waals surface area (Å²) in [5, 5.41) is 2.90. The molecule has 0 radical (unpaired) electrons. The molecule has 0 aliphatic carbocycles. The first-order valence-corrected chi connectivity index (χ1v) is 7.58. The van der Waals surface area contributed by atoms with E-state index in [-0.39, 0.29) is 5.91 Å². The number of fused-ring (bicyclic) bond motifs is 1. The molecule has 5 nitrogen and oxygen atoms in total. The Balaban J connectivity index is 1.87. The van der Waals surface area contributed by atoms with E-state index in [2.05, 4.69) is 12.2 Å². The van der Waals surface area contributed by atoms with Crippen LogP contribution in [-0.4, -0.2) is 25.7 Å². The third kappa shape index (κ3) is 4.93. The highest BCUT2D eigenvalue weighted by Gasteiger charge is 2.12. The molecule has 1 unspecified atom stereocenters. The normalized spacial score (nSPS) is 15.1. The van der Waals surface area contributed by atoms with Crippen molar-refractivity contribution in [2.24, 2.45) is 11.7 Å². The van der Waals surface area contributed by atoms with Crippen LogP contribution in [0, 0.1) is 5.92 Å². The van der Waals surface area contributed by atoms with Gasteiger partial charge in [0, 0.05) is 24.6 Å². The molecule has 0 fully saturated rings. The zero-order valence-corrected chi connectivity index (χ0v) is 12.6. The summed E-state index contributed by atoms with van der Waals surface area (Å²) in [5.41, 5.74) is 6.26. The number of hydrogen-bond acceptors (Lipinski definition) is 4. The van der Waals surface area contributed by atoms with Crippen LogP contribution in [0.15, 0.2) is 18.2 Å². The molecule has 1 aromatic carbocycles. The van der Waals surface area contributed by atoms with E-state index in [1.807, 2.05) is 18.2 Å². The van der Waals surface area contributed by atoms with E-state index in [1.54, 1.807) is 0 Å². The SMILES string of the molecule is CC(CCN)CCC(=O)Nc1ccc2c(c1)OCCCO2. The standard InChI is InChI=1S/C16H24N2O3/c1-12(7-8-17)3-6-16(19)18-13-4-5-14-15(11-13)21-10-2-9-20-14/h4-5,11-12H,2-3,6-10,17H2,1H3,(H,18,19). The van der Waals surface area contributed by atoms with Gasteiger partial charge in [0.1, 0.15) is 0 Å². The molecule has 5 heteroatoms. The van der Waals surface area contributed by atoms with Gasteiger partial charge in [0.15, 0.2) is 11.5 Å². The molecule has 0 saturated carbocycles. The van der Waals surface area contributed by atoms with Crippen LogP contribution in [0.25, 0.3) is 0 Å². The number of benzene rings is 1. The maximum absolute atomic E-state index is 11.9. The molecule has 1 atom stereocenters. The summed E-state index contributed by atoms with van der Waals surface area (Å²) in [6.07, 6.45) is 3.19. The lowest BCUT2D eigenvalue weighted by atomic mass is 10.0. The van der Waals surface area contributed by atoms with Gasteiger partial charge in [0.2, 0.25) is 5.91 Å². The Hall–Kier alpha value is -1.75. The first kappa shape index (κ1) is 15.6. The lowest BCUT2D eigenvalue weighted by Gasteiger charge is -2.12. The third-order valence-corrected chi connectivity index (χ3v) is 3.55. The molecule has 116 valence electrons. The summed E-state index contributed by atoms with van der Waals surface area (Å²) >= 11 is 0. The molecule has 0 aromatic heterocycles. The molecule has 1 aliphatic rings. The first-order chi connectivity index (χ1) is 10.2. The van der Waals surface area contributed by atoms with Crippen LogP contribution in [0.1, 0.15) is 32.6 Å². The smallest absolute Gasteiger partial charge is 0.224 e. The highest BCUT2D eigenvalue weighted by Crippen LogP contribution is 2.32. The van der Waals surface area contributed by atoms with Crippen LogP contribution in [0.4, 0.5) is 5.69 Å². The largest absolute Gasteiger partial charge is 0.490 e. The number of amides is 1. The molecular weight excluding hydrogens is 268 g/mol. The van der Waals surface area contributed by atoms with Crippen LogP contribution >= 0.6 is 0 Å². The molecule has 0 saturated heterocycles. The van der Waals surface area contributed by atoms with Gasteiger partial charge in [-0.15, -0.1) is 0 Å². The summed E-state index contributed by atoms with van der Waals surface area (Å²) in [7, 11) is 0. The van der Waals surface area contributed by atoms with Crippen molar-refractivity contribution in [2.45, 2.75) is 32.6 Å². The maximum atomic E-state index is 11.9. The minimum Gasteiger partial charge on any atom is -0.490 e. The molecule has 0 bridgehead atoms. The molecule has 1 heterocycles. The van der Waals surface area contributed by atoms with Gasteiger partial charge in [-0.05, 0) is 37.4 Å². The van der Waals surface area contributed by atoms with Crippen molar-refractivity contribution in [2.75, 3.05) is 25.1 Å². The molecule has 1 aromatic rings. The summed E-state index contributed by atoms with van der Waals surface area (Å²) < 4.78 is 11.2. The van der Waals surface area contributed by atoms with Crippen LogP contribution in [-0.2, 0) is 4.79 Å². The number of hydrogen-bond donors (Lipinski definition) is 2. The Kier molecular flexibility index (Phi) is 5.87. The average Bonchev–Trinajstić information content (AvgIpc) is 2.70. The lowest BCUT2D eigenvalue weighted by Crippen LogP contribution is -2.14. The Morgan fingerprint density at radius 1 is 1.29 bits per heavy atom. The second-order valence-electron chi connectivity index (χ2n) is 5.48. The Morgan fingerprint density at radius 2 is 2.05 bits per heavy atom. The van der Waals surface area contributed by atoms with Crippen molar-refractivity contribution < 1.29 is 14.3 Å². The van der Waals surface area contributed by atoms with Gasteiger partial charge in [-0.2, -0.15) is 0 Å². The predicted molar refractivity (Wildman–Crippen MR) is 82.7 cm³/mol. The first-order valence-electron chi connectivity index (χ1n) is 7.58. The summed E-state index contributed by atoms with van der Waals surface area (Å²) in [5.74, 6) is 1.93. The summed E-state index contributed by atoms with van der Waals surface area (Å²) in [4.78, 5) is 11.9. The van der Waals surface area contributed by atoms with Crippen LogP contribution < -0.4 is 20.5 Å². The van der Waals surface area contributed by atoms with Gasteiger partial charge in [-0.1, -0.05) is 6.92 Å². The van der Waals surface area contributed by atoms with E-state index in [0.717, 1.165) is 30.7 Å². The van der Waals surface area contributed by atoms with Gasteiger partial charge in [-0.25, -0.2) is 0 Å². The van der Waals surface area contributed by atoms with E-state index in [9.17, 15) is 4.79 Å².